The van der Waals surface area contributed by atoms with Crippen LogP contribution in [0.2, 0.25) is 0 Å². The normalized spacial score (nSPS) is 63.3. The van der Waals surface area contributed by atoms with Crippen LogP contribution in [0.3, 0.4) is 0 Å². The zero-order valence-electron chi connectivity index (χ0n) is 20.3. The van der Waals surface area contributed by atoms with Gasteiger partial charge >= 0.3 is 0 Å². The standard InChI is InChI=1S/C27H46N2O2/c1-15-13-27(30)24(29-14-15)16(2)23-22(31-27)12-21-19-6-5-17-11-18(28)7-9-25(17,3)20(19)8-10-26(21,23)4/h15-24,29-30H,5-14,28H2,1-4H3/t15-,16+,17+,18+,19-,20+,21+,22+,23+,24-,25+,26+,27+/m1/s1. The van der Waals surface area contributed by atoms with Crippen molar-refractivity contribution in [2.45, 2.75) is 109 Å². The van der Waals surface area contributed by atoms with E-state index < -0.39 is 5.79 Å². The summed E-state index contributed by atoms with van der Waals surface area (Å²) in [6.07, 6.45) is 11.5. The van der Waals surface area contributed by atoms with E-state index in [1.807, 2.05) is 0 Å². The zero-order chi connectivity index (χ0) is 21.8. The molecule has 31 heavy (non-hydrogen) atoms. The summed E-state index contributed by atoms with van der Waals surface area (Å²) in [6, 6.07) is 0.525. The smallest absolute Gasteiger partial charge is 0.181 e. The van der Waals surface area contributed by atoms with Gasteiger partial charge < -0.3 is 20.9 Å². The molecule has 4 heteroatoms. The van der Waals surface area contributed by atoms with E-state index >= 15 is 0 Å². The maximum absolute atomic E-state index is 11.6. The minimum Gasteiger partial charge on any atom is -0.364 e. The number of piperidine rings is 1. The van der Waals surface area contributed by atoms with Gasteiger partial charge in [0.2, 0.25) is 0 Å². The van der Waals surface area contributed by atoms with Crippen LogP contribution in [0, 0.1) is 52.3 Å². The fraction of sp³-hybridized carbons (Fsp3) is 1.00. The molecule has 0 aromatic heterocycles. The van der Waals surface area contributed by atoms with Crippen molar-refractivity contribution in [2.75, 3.05) is 6.54 Å². The minimum absolute atomic E-state index is 0.0892. The quantitative estimate of drug-likeness (QED) is 0.536. The van der Waals surface area contributed by atoms with Crippen molar-refractivity contribution < 1.29 is 9.84 Å². The van der Waals surface area contributed by atoms with Crippen LogP contribution >= 0.6 is 0 Å². The third-order valence-electron chi connectivity index (χ3n) is 12.1. The fourth-order valence-electron chi connectivity index (χ4n) is 10.8. The van der Waals surface area contributed by atoms with Crippen molar-refractivity contribution in [1.29, 1.82) is 0 Å². The van der Waals surface area contributed by atoms with Crippen molar-refractivity contribution >= 4 is 0 Å². The van der Waals surface area contributed by atoms with Crippen LogP contribution in [0.4, 0.5) is 0 Å². The fourth-order valence-corrected chi connectivity index (χ4v) is 10.8. The van der Waals surface area contributed by atoms with Gasteiger partial charge in [-0.3, -0.25) is 0 Å². The summed E-state index contributed by atoms with van der Waals surface area (Å²) < 4.78 is 6.70. The lowest BCUT2D eigenvalue weighted by molar-refractivity contribution is -0.310. The molecule has 0 bridgehead atoms. The molecule has 4 N–H and O–H groups in total. The SMILES string of the molecule is C[C@H]1CN[C@@H]2[C@@H](C)[C@H]3[C@H](C[C@H]4[C@@H]5CC[C@H]6C[C@@H](N)CC[C@]6(C)[C@H]5CC[C@]34C)O[C@@]2(O)C1. The second-order valence-electron chi connectivity index (χ2n) is 13.6. The molecular formula is C27H46N2O2. The summed E-state index contributed by atoms with van der Waals surface area (Å²) >= 11 is 0. The molecule has 0 spiro atoms. The Morgan fingerprint density at radius 3 is 2.55 bits per heavy atom. The molecule has 0 unspecified atom stereocenters. The summed E-state index contributed by atoms with van der Waals surface area (Å²) in [7, 11) is 0. The number of aliphatic hydroxyl groups is 1. The van der Waals surface area contributed by atoms with E-state index in [1.165, 1.54) is 51.4 Å². The Bertz CT molecular complexity index is 730. The van der Waals surface area contributed by atoms with Crippen LogP contribution in [0.25, 0.3) is 0 Å². The molecule has 4 aliphatic carbocycles. The number of rotatable bonds is 0. The third kappa shape index (κ3) is 2.87. The van der Waals surface area contributed by atoms with Gasteiger partial charge in [-0.1, -0.05) is 27.7 Å². The maximum Gasteiger partial charge on any atom is 0.181 e. The van der Waals surface area contributed by atoms with E-state index in [2.05, 4.69) is 33.0 Å². The van der Waals surface area contributed by atoms with Crippen molar-refractivity contribution in [3.63, 3.8) is 0 Å². The predicted molar refractivity (Wildman–Crippen MR) is 123 cm³/mol. The first-order valence-electron chi connectivity index (χ1n) is 13.5. The Labute approximate surface area is 189 Å². The molecule has 2 aliphatic heterocycles. The monoisotopic (exact) mass is 430 g/mol. The van der Waals surface area contributed by atoms with E-state index in [9.17, 15) is 5.11 Å². The van der Waals surface area contributed by atoms with Crippen molar-refractivity contribution in [2.24, 2.45) is 58.0 Å². The molecule has 2 heterocycles. The molecule has 4 nitrogen and oxygen atoms in total. The second-order valence-corrected chi connectivity index (χ2v) is 13.6. The lowest BCUT2D eigenvalue weighted by atomic mass is 9.44. The van der Waals surface area contributed by atoms with Crippen molar-refractivity contribution in [3.05, 3.63) is 0 Å². The third-order valence-corrected chi connectivity index (χ3v) is 12.1. The highest BCUT2D eigenvalue weighted by molar-refractivity contribution is 5.15. The summed E-state index contributed by atoms with van der Waals surface area (Å²) in [5.74, 6) is 3.88. The van der Waals surface area contributed by atoms with Gasteiger partial charge in [-0.25, -0.2) is 0 Å². The molecular weight excluding hydrogens is 384 g/mol. The summed E-state index contributed by atoms with van der Waals surface area (Å²) in [5.41, 5.74) is 7.27. The first kappa shape index (κ1) is 21.4. The predicted octanol–water partition coefficient (Wildman–Crippen LogP) is 4.30. The van der Waals surface area contributed by atoms with Gasteiger partial charge in [0.25, 0.3) is 0 Å². The van der Waals surface area contributed by atoms with Crippen LogP contribution in [0.5, 0.6) is 0 Å². The zero-order valence-corrected chi connectivity index (χ0v) is 20.3. The topological polar surface area (TPSA) is 67.5 Å². The number of nitrogens with one attached hydrogen (secondary N) is 1. The lowest BCUT2D eigenvalue weighted by Crippen LogP contribution is -2.68. The van der Waals surface area contributed by atoms with Crippen molar-refractivity contribution in [3.8, 4) is 0 Å². The van der Waals surface area contributed by atoms with Crippen LogP contribution in [0.15, 0.2) is 0 Å². The minimum atomic E-state index is -0.968. The largest absolute Gasteiger partial charge is 0.364 e. The molecule has 6 fully saturated rings. The first-order valence-corrected chi connectivity index (χ1v) is 13.5. The Kier molecular flexibility index (Phi) is 4.78. The first-order chi connectivity index (χ1) is 14.7. The number of hydrogen-bond acceptors (Lipinski definition) is 4. The average Bonchev–Trinajstić information content (AvgIpc) is 2.99. The second kappa shape index (κ2) is 6.93. The maximum atomic E-state index is 11.6. The molecule has 6 rings (SSSR count). The van der Waals surface area contributed by atoms with Crippen LogP contribution in [0.1, 0.15) is 85.5 Å². The van der Waals surface area contributed by atoms with E-state index in [0.717, 1.165) is 36.6 Å². The van der Waals surface area contributed by atoms with E-state index in [0.29, 0.717) is 34.6 Å². The Morgan fingerprint density at radius 1 is 0.968 bits per heavy atom. The van der Waals surface area contributed by atoms with E-state index in [4.69, 9.17) is 10.5 Å². The lowest BCUT2D eigenvalue weighted by Gasteiger charge is -2.62. The average molecular weight is 431 g/mol. The summed E-state index contributed by atoms with van der Waals surface area (Å²) in [5, 5.41) is 15.3. The molecule has 4 saturated carbocycles. The van der Waals surface area contributed by atoms with Gasteiger partial charge in [0.15, 0.2) is 5.79 Å². The molecule has 176 valence electrons. The van der Waals surface area contributed by atoms with Gasteiger partial charge in [0.05, 0.1) is 12.1 Å². The molecule has 6 aliphatic rings. The number of hydrogen-bond donors (Lipinski definition) is 3. The molecule has 0 radical (unpaired) electrons. The number of ether oxygens (including phenoxy) is 1. The molecule has 13 atom stereocenters. The molecule has 0 amide bonds. The van der Waals surface area contributed by atoms with Gasteiger partial charge in [-0.05, 0) is 110 Å². The highest BCUT2D eigenvalue weighted by Gasteiger charge is 2.67. The Hall–Kier alpha value is -0.160. The van der Waals surface area contributed by atoms with Gasteiger partial charge in [-0.2, -0.15) is 0 Å². The van der Waals surface area contributed by atoms with Gasteiger partial charge in [0.1, 0.15) is 0 Å². The van der Waals surface area contributed by atoms with Gasteiger partial charge in [-0.15, -0.1) is 0 Å². The number of nitrogens with two attached hydrogens (primary N) is 1. The highest BCUT2D eigenvalue weighted by Crippen LogP contribution is 2.69. The van der Waals surface area contributed by atoms with Crippen LogP contribution < -0.4 is 11.1 Å². The van der Waals surface area contributed by atoms with Crippen molar-refractivity contribution in [1.82, 2.24) is 5.32 Å². The summed E-state index contributed by atoms with van der Waals surface area (Å²) in [6.45, 7) is 10.9. The Morgan fingerprint density at radius 2 is 1.74 bits per heavy atom. The molecule has 0 aromatic rings. The summed E-state index contributed by atoms with van der Waals surface area (Å²) in [4.78, 5) is 0. The Balaban J connectivity index is 1.30. The van der Waals surface area contributed by atoms with Crippen LogP contribution in [-0.4, -0.2) is 35.6 Å². The molecule has 2 saturated heterocycles. The van der Waals surface area contributed by atoms with E-state index in [-0.39, 0.29) is 12.1 Å². The number of fused-ring (bicyclic) bond motifs is 8. The van der Waals surface area contributed by atoms with E-state index in [1.54, 1.807) is 0 Å². The highest BCUT2D eigenvalue weighted by atomic mass is 16.6. The van der Waals surface area contributed by atoms with Gasteiger partial charge in [0, 0.05) is 12.5 Å². The molecule has 0 aromatic carbocycles. The van der Waals surface area contributed by atoms with Crippen LogP contribution in [-0.2, 0) is 4.74 Å².